The summed E-state index contributed by atoms with van der Waals surface area (Å²) in [5.74, 6) is -1.17. The average Bonchev–Trinajstić information content (AvgIpc) is 2.79. The number of carbonyl (C=O) groups excluding carboxylic acids is 3. The minimum Gasteiger partial charge on any atom is -0.484 e. The number of nitrogens with one attached hydrogen (secondary N) is 2. The van der Waals surface area contributed by atoms with Gasteiger partial charge in [-0.05, 0) is 48.8 Å². The lowest BCUT2D eigenvalue weighted by atomic mass is 10.2. The van der Waals surface area contributed by atoms with Crippen molar-refractivity contribution in [3.63, 3.8) is 0 Å². The zero-order chi connectivity index (χ0) is 24.3. The summed E-state index contributed by atoms with van der Waals surface area (Å²) in [6.45, 7) is -1.04. The zero-order valence-electron chi connectivity index (χ0n) is 17.7. The molecule has 0 fully saturated rings. The average molecular weight is 484 g/mol. The van der Waals surface area contributed by atoms with E-state index >= 15 is 0 Å². The summed E-state index contributed by atoms with van der Waals surface area (Å²) >= 11 is 1.45. The highest BCUT2D eigenvalue weighted by Crippen LogP contribution is 2.30. The molecule has 0 aliphatic carbocycles. The first kappa shape index (κ1) is 26.0. The van der Waals surface area contributed by atoms with Crippen LogP contribution in [0.2, 0.25) is 0 Å². The molecule has 0 heterocycles. The molecule has 33 heavy (non-hydrogen) atoms. The molecule has 178 valence electrons. The lowest BCUT2D eigenvalue weighted by Crippen LogP contribution is -2.44. The van der Waals surface area contributed by atoms with Crippen molar-refractivity contribution in [2.75, 3.05) is 30.5 Å². The highest BCUT2D eigenvalue weighted by atomic mass is 32.2. The number of amides is 2. The molecule has 2 aromatic carbocycles. The number of halogens is 3. The van der Waals surface area contributed by atoms with E-state index in [9.17, 15) is 27.6 Å². The second-order valence-corrected chi connectivity index (χ2v) is 7.72. The number of carbonyl (C=O) groups is 3. The Bertz CT molecular complexity index is 941. The minimum absolute atomic E-state index is 0.0869. The summed E-state index contributed by atoms with van der Waals surface area (Å²) in [6, 6.07) is 11.7. The van der Waals surface area contributed by atoms with Crippen molar-refractivity contribution in [2.45, 2.75) is 18.6 Å². The fraction of sp³-hybridized carbons (Fsp3) is 0.318. The Morgan fingerprint density at radius 3 is 2.39 bits per heavy atom. The Labute approximate surface area is 193 Å². The molecule has 1 atom stereocenters. The normalized spacial score (nSPS) is 11.9. The van der Waals surface area contributed by atoms with Gasteiger partial charge in [0.15, 0.2) is 13.2 Å². The van der Waals surface area contributed by atoms with Gasteiger partial charge < -0.3 is 20.1 Å². The Morgan fingerprint density at radius 1 is 1.00 bits per heavy atom. The molecule has 2 N–H and O–H groups in total. The van der Waals surface area contributed by atoms with Gasteiger partial charge in [-0.25, -0.2) is 4.79 Å². The molecular weight excluding hydrogens is 461 g/mol. The third-order valence-corrected chi connectivity index (χ3v) is 4.81. The number of ether oxygens (including phenoxy) is 2. The molecule has 2 rings (SSSR count). The van der Waals surface area contributed by atoms with Crippen molar-refractivity contribution in [3.8, 4) is 5.75 Å². The van der Waals surface area contributed by atoms with Crippen molar-refractivity contribution < 1.29 is 37.0 Å². The molecule has 0 saturated carbocycles. The molecule has 0 aliphatic rings. The highest BCUT2D eigenvalue weighted by molar-refractivity contribution is 7.98. The zero-order valence-corrected chi connectivity index (χ0v) is 18.5. The first-order valence-electron chi connectivity index (χ1n) is 9.79. The van der Waals surface area contributed by atoms with E-state index in [-0.39, 0.29) is 18.7 Å². The molecule has 0 bridgehead atoms. The van der Waals surface area contributed by atoms with Crippen LogP contribution in [0.25, 0.3) is 0 Å². The fourth-order valence-electron chi connectivity index (χ4n) is 2.59. The standard InChI is InChI=1S/C22H23F3N2O5S/c1-33-11-10-18(27-20(29)13-31-17-8-3-2-4-9-17)21(30)32-14-19(28)26-16-7-5-6-15(12-16)22(23,24)25/h2-9,12,18H,10-11,13-14H2,1H3,(H,26,28)(H,27,29)/t18-/m1/s1. The molecule has 7 nitrogen and oxygen atoms in total. The van der Waals surface area contributed by atoms with Crippen LogP contribution >= 0.6 is 11.8 Å². The van der Waals surface area contributed by atoms with Crippen molar-refractivity contribution in [1.82, 2.24) is 5.32 Å². The lowest BCUT2D eigenvalue weighted by Gasteiger charge is -2.17. The van der Waals surface area contributed by atoms with Crippen LogP contribution in [0.5, 0.6) is 5.75 Å². The highest BCUT2D eigenvalue weighted by Gasteiger charge is 2.30. The smallest absolute Gasteiger partial charge is 0.416 e. The number of rotatable bonds is 11. The second kappa shape index (κ2) is 12.7. The summed E-state index contributed by atoms with van der Waals surface area (Å²) in [5, 5.41) is 4.75. The molecular formula is C22H23F3N2O5S. The van der Waals surface area contributed by atoms with Gasteiger partial charge in [-0.1, -0.05) is 24.3 Å². The van der Waals surface area contributed by atoms with Crippen molar-refractivity contribution in [3.05, 3.63) is 60.2 Å². The van der Waals surface area contributed by atoms with Gasteiger partial charge >= 0.3 is 12.1 Å². The number of thioether (sulfide) groups is 1. The molecule has 0 saturated heterocycles. The van der Waals surface area contributed by atoms with Gasteiger partial charge in [-0.3, -0.25) is 9.59 Å². The van der Waals surface area contributed by atoms with Crippen LogP contribution in [0.4, 0.5) is 18.9 Å². The van der Waals surface area contributed by atoms with Crippen LogP contribution in [0, 0.1) is 0 Å². The van der Waals surface area contributed by atoms with Crippen molar-refractivity contribution in [2.24, 2.45) is 0 Å². The molecule has 11 heteroatoms. The quantitative estimate of drug-likeness (QED) is 0.474. The number of hydrogen-bond donors (Lipinski definition) is 2. The van der Waals surface area contributed by atoms with Gasteiger partial charge in [-0.2, -0.15) is 24.9 Å². The summed E-state index contributed by atoms with van der Waals surface area (Å²) in [6.07, 6.45) is -2.47. The van der Waals surface area contributed by atoms with Gasteiger partial charge in [0.2, 0.25) is 0 Å². The molecule has 0 spiro atoms. The maximum Gasteiger partial charge on any atom is 0.416 e. The SMILES string of the molecule is CSCC[C@@H](NC(=O)COc1ccccc1)C(=O)OCC(=O)Nc1cccc(C(F)(F)F)c1. The van der Waals surface area contributed by atoms with E-state index in [1.807, 2.05) is 6.26 Å². The number of hydrogen-bond acceptors (Lipinski definition) is 6. The Balaban J connectivity index is 1.86. The summed E-state index contributed by atoms with van der Waals surface area (Å²) in [4.78, 5) is 36.6. The van der Waals surface area contributed by atoms with Gasteiger partial charge in [0, 0.05) is 5.69 Å². The second-order valence-electron chi connectivity index (χ2n) is 6.74. The maximum absolute atomic E-state index is 12.8. The third-order valence-electron chi connectivity index (χ3n) is 4.16. The Morgan fingerprint density at radius 2 is 1.73 bits per heavy atom. The van der Waals surface area contributed by atoms with E-state index in [2.05, 4.69) is 10.6 Å². The van der Waals surface area contributed by atoms with Crippen LogP contribution in [-0.4, -0.2) is 49.0 Å². The van der Waals surface area contributed by atoms with E-state index in [0.717, 1.165) is 18.2 Å². The lowest BCUT2D eigenvalue weighted by molar-refractivity contribution is -0.150. The summed E-state index contributed by atoms with van der Waals surface area (Å²) < 4.78 is 48.6. The van der Waals surface area contributed by atoms with Crippen LogP contribution in [0.1, 0.15) is 12.0 Å². The van der Waals surface area contributed by atoms with Crippen molar-refractivity contribution in [1.29, 1.82) is 0 Å². The topological polar surface area (TPSA) is 93.7 Å². The van der Waals surface area contributed by atoms with Crippen LogP contribution in [-0.2, 0) is 25.3 Å². The third kappa shape index (κ3) is 9.44. The van der Waals surface area contributed by atoms with E-state index in [0.29, 0.717) is 11.5 Å². The van der Waals surface area contributed by atoms with Crippen molar-refractivity contribution >= 4 is 35.2 Å². The van der Waals surface area contributed by atoms with Crippen LogP contribution in [0.15, 0.2) is 54.6 Å². The monoisotopic (exact) mass is 484 g/mol. The predicted molar refractivity (Wildman–Crippen MR) is 118 cm³/mol. The van der Waals surface area contributed by atoms with Gasteiger partial charge in [0.1, 0.15) is 11.8 Å². The molecule has 0 aliphatic heterocycles. The van der Waals surface area contributed by atoms with Crippen LogP contribution < -0.4 is 15.4 Å². The van der Waals surface area contributed by atoms with E-state index in [1.54, 1.807) is 30.3 Å². The summed E-state index contributed by atoms with van der Waals surface area (Å²) in [5.41, 5.74) is -1.01. The summed E-state index contributed by atoms with van der Waals surface area (Å²) in [7, 11) is 0. The number of esters is 1. The minimum atomic E-state index is -4.56. The fourth-order valence-corrected chi connectivity index (χ4v) is 3.07. The predicted octanol–water partition coefficient (Wildman–Crippen LogP) is 3.50. The Kier molecular flexibility index (Phi) is 10.0. The number of anilines is 1. The van der Waals surface area contributed by atoms with Gasteiger partial charge in [0.05, 0.1) is 5.56 Å². The number of para-hydroxylation sites is 1. The first-order chi connectivity index (χ1) is 15.7. The maximum atomic E-state index is 12.8. The molecule has 2 aromatic rings. The largest absolute Gasteiger partial charge is 0.484 e. The molecule has 0 aromatic heterocycles. The van der Waals surface area contributed by atoms with Crippen LogP contribution in [0.3, 0.4) is 0 Å². The molecule has 0 unspecified atom stereocenters. The van der Waals surface area contributed by atoms with E-state index in [1.165, 1.54) is 17.8 Å². The number of benzene rings is 2. The van der Waals surface area contributed by atoms with E-state index < -0.39 is 42.2 Å². The molecule has 0 radical (unpaired) electrons. The van der Waals surface area contributed by atoms with Gasteiger partial charge in [-0.15, -0.1) is 0 Å². The number of alkyl halides is 3. The Hall–Kier alpha value is -3.21. The first-order valence-corrected chi connectivity index (χ1v) is 11.2. The van der Waals surface area contributed by atoms with Gasteiger partial charge in [0.25, 0.3) is 11.8 Å². The molecule has 2 amide bonds. The van der Waals surface area contributed by atoms with E-state index in [4.69, 9.17) is 9.47 Å².